The molecule has 1 atom stereocenters. The lowest BCUT2D eigenvalue weighted by Gasteiger charge is -2.18. The van der Waals surface area contributed by atoms with Crippen molar-refractivity contribution in [3.63, 3.8) is 0 Å². The van der Waals surface area contributed by atoms with Crippen molar-refractivity contribution in [1.82, 2.24) is 14.9 Å². The van der Waals surface area contributed by atoms with Gasteiger partial charge in [0.05, 0.1) is 16.8 Å². The molecule has 124 valence electrons. The third kappa shape index (κ3) is 3.64. The molecule has 0 bridgehead atoms. The van der Waals surface area contributed by atoms with Gasteiger partial charge < -0.3 is 15.0 Å². The third-order valence-corrected chi connectivity index (χ3v) is 5.34. The predicted molar refractivity (Wildman–Crippen MR) is 91.6 cm³/mol. The van der Waals surface area contributed by atoms with Gasteiger partial charge >= 0.3 is 0 Å². The van der Waals surface area contributed by atoms with Gasteiger partial charge in [0.15, 0.2) is 0 Å². The highest BCUT2D eigenvalue weighted by molar-refractivity contribution is 7.09. The highest BCUT2D eigenvalue weighted by Crippen LogP contribution is 2.27. The van der Waals surface area contributed by atoms with Gasteiger partial charge in [-0.3, -0.25) is 4.79 Å². The van der Waals surface area contributed by atoms with Crippen molar-refractivity contribution in [2.24, 2.45) is 13.0 Å². The van der Waals surface area contributed by atoms with Crippen molar-refractivity contribution in [1.29, 1.82) is 0 Å². The van der Waals surface area contributed by atoms with E-state index in [0.29, 0.717) is 18.2 Å². The minimum Gasteiger partial charge on any atom is -0.391 e. The van der Waals surface area contributed by atoms with Gasteiger partial charge in [0.2, 0.25) is 0 Å². The molecular weight excluding hydrogens is 310 g/mol. The number of hydrogen-bond donors (Lipinski definition) is 2. The maximum absolute atomic E-state index is 12.4. The van der Waals surface area contributed by atoms with E-state index in [-0.39, 0.29) is 5.91 Å². The average Bonchev–Trinajstić information content (AvgIpc) is 3.24. The summed E-state index contributed by atoms with van der Waals surface area (Å²) < 4.78 is 1.81. The Morgan fingerprint density at radius 3 is 2.91 bits per heavy atom. The van der Waals surface area contributed by atoms with Crippen molar-refractivity contribution in [3.05, 3.63) is 28.3 Å². The second kappa shape index (κ2) is 6.84. The van der Waals surface area contributed by atoms with E-state index in [9.17, 15) is 9.90 Å². The zero-order valence-corrected chi connectivity index (χ0v) is 14.4. The molecule has 6 heteroatoms. The first kappa shape index (κ1) is 16.2. The minimum atomic E-state index is -0.442. The highest BCUT2D eigenvalue weighted by Gasteiger charge is 2.24. The number of rotatable bonds is 5. The van der Waals surface area contributed by atoms with Crippen LogP contribution in [0.3, 0.4) is 0 Å². The summed E-state index contributed by atoms with van der Waals surface area (Å²) in [6, 6.07) is 1.85. The molecular formula is C17H23N3O2S. The van der Waals surface area contributed by atoms with Crippen LogP contribution in [0.15, 0.2) is 17.6 Å². The van der Waals surface area contributed by atoms with E-state index in [1.165, 1.54) is 12.8 Å². The second-order valence-electron chi connectivity index (χ2n) is 6.30. The number of nitrogens with one attached hydrogen (secondary N) is 1. The lowest BCUT2D eigenvalue weighted by Crippen LogP contribution is -2.36. The fraction of sp³-hybridized carbons (Fsp3) is 0.529. The van der Waals surface area contributed by atoms with E-state index in [1.807, 2.05) is 31.6 Å². The zero-order valence-electron chi connectivity index (χ0n) is 13.6. The van der Waals surface area contributed by atoms with E-state index in [2.05, 4.69) is 10.3 Å². The Morgan fingerprint density at radius 2 is 2.26 bits per heavy atom. The second-order valence-corrected chi connectivity index (χ2v) is 7.36. The Labute approximate surface area is 140 Å². The molecule has 1 saturated carbocycles. The Bertz CT molecular complexity index is 686. The molecule has 2 heterocycles. The number of aromatic nitrogens is 2. The quantitative estimate of drug-likeness (QED) is 0.884. The van der Waals surface area contributed by atoms with E-state index >= 15 is 0 Å². The van der Waals surface area contributed by atoms with Crippen LogP contribution in [0.5, 0.6) is 0 Å². The molecule has 1 unspecified atom stereocenters. The minimum absolute atomic E-state index is 0.150. The predicted octanol–water partition coefficient (Wildman–Crippen LogP) is 2.74. The van der Waals surface area contributed by atoms with Gasteiger partial charge in [0, 0.05) is 30.7 Å². The van der Waals surface area contributed by atoms with Gasteiger partial charge in [-0.05, 0) is 31.7 Å². The van der Waals surface area contributed by atoms with Gasteiger partial charge in [-0.1, -0.05) is 12.8 Å². The lowest BCUT2D eigenvalue weighted by molar-refractivity contribution is 0.0834. The number of thiazole rings is 1. The number of carbonyl (C=O) groups is 1. The SMILES string of the molecule is Cc1nc(-c2cc(C(=O)NCC(O)C3CCCC3)n(C)c2)cs1. The fourth-order valence-corrected chi connectivity index (χ4v) is 3.85. The van der Waals surface area contributed by atoms with Gasteiger partial charge in [0.25, 0.3) is 5.91 Å². The van der Waals surface area contributed by atoms with Crippen molar-refractivity contribution in [2.45, 2.75) is 38.7 Å². The molecule has 1 fully saturated rings. The molecule has 1 amide bonds. The van der Waals surface area contributed by atoms with Crippen molar-refractivity contribution in [3.8, 4) is 11.3 Å². The van der Waals surface area contributed by atoms with E-state index in [4.69, 9.17) is 0 Å². The van der Waals surface area contributed by atoms with Crippen LogP contribution in [-0.4, -0.2) is 33.2 Å². The smallest absolute Gasteiger partial charge is 0.268 e. The zero-order chi connectivity index (χ0) is 16.4. The third-order valence-electron chi connectivity index (χ3n) is 4.57. The number of nitrogens with zero attached hydrogens (tertiary/aromatic N) is 2. The van der Waals surface area contributed by atoms with Crippen LogP contribution in [0.1, 0.15) is 41.2 Å². The number of aliphatic hydroxyl groups excluding tert-OH is 1. The van der Waals surface area contributed by atoms with Crippen LogP contribution in [0, 0.1) is 12.8 Å². The molecule has 5 nitrogen and oxygen atoms in total. The fourth-order valence-electron chi connectivity index (χ4n) is 3.22. The normalized spacial score (nSPS) is 16.7. The molecule has 0 spiro atoms. The maximum Gasteiger partial charge on any atom is 0.268 e. The van der Waals surface area contributed by atoms with Crippen LogP contribution < -0.4 is 5.32 Å². The van der Waals surface area contributed by atoms with Crippen LogP contribution in [-0.2, 0) is 7.05 Å². The molecule has 2 aromatic heterocycles. The number of amides is 1. The number of hydrogen-bond acceptors (Lipinski definition) is 4. The summed E-state index contributed by atoms with van der Waals surface area (Å²) in [7, 11) is 1.85. The monoisotopic (exact) mass is 333 g/mol. The van der Waals surface area contributed by atoms with Crippen LogP contribution in [0.25, 0.3) is 11.3 Å². The Kier molecular flexibility index (Phi) is 4.82. The molecule has 2 N–H and O–H groups in total. The number of aliphatic hydroxyl groups is 1. The van der Waals surface area contributed by atoms with Crippen LogP contribution >= 0.6 is 11.3 Å². The molecule has 3 rings (SSSR count). The molecule has 0 radical (unpaired) electrons. The summed E-state index contributed by atoms with van der Waals surface area (Å²) in [6.07, 6.45) is 5.97. The molecule has 0 saturated heterocycles. The molecule has 2 aromatic rings. The molecule has 0 aromatic carbocycles. The molecule has 0 aliphatic heterocycles. The molecule has 1 aliphatic carbocycles. The molecule has 1 aliphatic rings. The summed E-state index contributed by atoms with van der Waals surface area (Å²) in [5, 5.41) is 16.0. The topological polar surface area (TPSA) is 67.2 Å². The largest absolute Gasteiger partial charge is 0.391 e. The van der Waals surface area contributed by atoms with Crippen LogP contribution in [0.2, 0.25) is 0 Å². The number of carbonyl (C=O) groups excluding carboxylic acids is 1. The van der Waals surface area contributed by atoms with Gasteiger partial charge in [-0.15, -0.1) is 11.3 Å². The van der Waals surface area contributed by atoms with Crippen molar-refractivity contribution >= 4 is 17.2 Å². The first-order valence-electron chi connectivity index (χ1n) is 8.09. The standard InChI is InChI=1S/C17H23N3O2S/c1-11-19-14(10-23-11)13-7-15(20(2)9-13)17(22)18-8-16(21)12-5-3-4-6-12/h7,9-10,12,16,21H,3-6,8H2,1-2H3,(H,18,22). The molecule has 23 heavy (non-hydrogen) atoms. The summed E-state index contributed by atoms with van der Waals surface area (Å²) in [6.45, 7) is 2.29. The van der Waals surface area contributed by atoms with Gasteiger partial charge in [0.1, 0.15) is 5.69 Å². The first-order chi connectivity index (χ1) is 11.0. The Morgan fingerprint density at radius 1 is 1.52 bits per heavy atom. The van der Waals surface area contributed by atoms with Crippen molar-refractivity contribution in [2.75, 3.05) is 6.54 Å². The lowest BCUT2D eigenvalue weighted by atomic mass is 10.0. The van der Waals surface area contributed by atoms with Gasteiger partial charge in [-0.2, -0.15) is 0 Å². The Balaban J connectivity index is 1.64. The first-order valence-corrected chi connectivity index (χ1v) is 8.97. The van der Waals surface area contributed by atoms with Gasteiger partial charge in [-0.25, -0.2) is 4.98 Å². The summed E-state index contributed by atoms with van der Waals surface area (Å²) >= 11 is 1.60. The number of aryl methyl sites for hydroxylation is 2. The maximum atomic E-state index is 12.4. The van der Waals surface area contributed by atoms with Crippen LogP contribution in [0.4, 0.5) is 0 Å². The summed E-state index contributed by atoms with van der Waals surface area (Å²) in [4.78, 5) is 16.8. The summed E-state index contributed by atoms with van der Waals surface area (Å²) in [5.74, 6) is 0.181. The van der Waals surface area contributed by atoms with Crippen molar-refractivity contribution < 1.29 is 9.90 Å². The highest BCUT2D eigenvalue weighted by atomic mass is 32.1. The van der Waals surface area contributed by atoms with E-state index in [1.54, 1.807) is 15.9 Å². The van der Waals surface area contributed by atoms with E-state index in [0.717, 1.165) is 29.1 Å². The van der Waals surface area contributed by atoms with E-state index < -0.39 is 6.10 Å². The Hall–Kier alpha value is -1.66. The summed E-state index contributed by atoms with van der Waals surface area (Å²) in [5.41, 5.74) is 2.43. The average molecular weight is 333 g/mol.